The number of hydrogen-bond donors (Lipinski definition) is 1. The Hall–Kier alpha value is -1.06. The van der Waals surface area contributed by atoms with Crippen LogP contribution in [0.3, 0.4) is 0 Å². The minimum absolute atomic E-state index is 0.566. The Labute approximate surface area is 116 Å². The topological polar surface area (TPSA) is 30.5 Å². The van der Waals surface area contributed by atoms with E-state index in [1.807, 2.05) is 0 Å². The minimum atomic E-state index is 0.566. The lowest BCUT2D eigenvalue weighted by Gasteiger charge is -2.27. The molecular formula is C16H25NO2. The first kappa shape index (κ1) is 14.4. The summed E-state index contributed by atoms with van der Waals surface area (Å²) in [7, 11) is 3.49. The average Bonchev–Trinajstić information content (AvgIpc) is 2.44. The van der Waals surface area contributed by atoms with Crippen molar-refractivity contribution in [2.24, 2.45) is 5.92 Å². The Bertz CT molecular complexity index is 406. The zero-order valence-electron chi connectivity index (χ0n) is 12.2. The van der Waals surface area contributed by atoms with Crippen LogP contribution < -0.4 is 10.1 Å². The normalized spacial score (nSPS) is 19.8. The Morgan fingerprint density at radius 3 is 2.89 bits per heavy atom. The number of fused-ring (bicyclic) bond motifs is 1. The van der Waals surface area contributed by atoms with E-state index in [4.69, 9.17) is 9.47 Å². The Morgan fingerprint density at radius 1 is 1.32 bits per heavy atom. The van der Waals surface area contributed by atoms with Gasteiger partial charge in [0, 0.05) is 26.3 Å². The van der Waals surface area contributed by atoms with Crippen LogP contribution in [0, 0.1) is 5.92 Å². The van der Waals surface area contributed by atoms with E-state index in [9.17, 15) is 0 Å². The third-order valence-corrected chi connectivity index (χ3v) is 3.85. The molecule has 0 saturated carbocycles. The molecular weight excluding hydrogens is 238 g/mol. The van der Waals surface area contributed by atoms with Gasteiger partial charge in [0.05, 0.1) is 7.11 Å². The number of ether oxygens (including phenoxy) is 2. The summed E-state index contributed by atoms with van der Waals surface area (Å²) in [5, 5.41) is 3.66. The molecule has 0 amide bonds. The largest absolute Gasteiger partial charge is 0.497 e. The van der Waals surface area contributed by atoms with Crippen LogP contribution in [0.15, 0.2) is 18.2 Å². The van der Waals surface area contributed by atoms with Gasteiger partial charge in [-0.05, 0) is 48.4 Å². The summed E-state index contributed by atoms with van der Waals surface area (Å²) >= 11 is 0. The van der Waals surface area contributed by atoms with Gasteiger partial charge in [0.15, 0.2) is 0 Å². The van der Waals surface area contributed by atoms with Gasteiger partial charge in [-0.1, -0.05) is 13.0 Å². The molecule has 3 nitrogen and oxygen atoms in total. The first-order valence-corrected chi connectivity index (χ1v) is 7.11. The number of hydrogen-bond acceptors (Lipinski definition) is 3. The highest BCUT2D eigenvalue weighted by Gasteiger charge is 2.19. The fourth-order valence-corrected chi connectivity index (χ4v) is 2.75. The molecule has 1 aromatic rings. The molecule has 1 aliphatic rings. The smallest absolute Gasteiger partial charge is 0.119 e. The SMILES string of the molecule is COCC(C)CNC1CCc2ccc(OC)cc2C1. The molecule has 2 rings (SSSR count). The summed E-state index contributed by atoms with van der Waals surface area (Å²) in [6.45, 7) is 4.07. The molecule has 0 spiro atoms. The number of rotatable bonds is 6. The van der Waals surface area contributed by atoms with Gasteiger partial charge in [0.25, 0.3) is 0 Å². The van der Waals surface area contributed by atoms with Crippen molar-refractivity contribution in [3.63, 3.8) is 0 Å². The van der Waals surface area contributed by atoms with Gasteiger partial charge in [-0.25, -0.2) is 0 Å². The number of methoxy groups -OCH3 is 2. The molecule has 1 aliphatic carbocycles. The molecule has 0 aromatic heterocycles. The van der Waals surface area contributed by atoms with E-state index in [0.29, 0.717) is 12.0 Å². The Kier molecular flexibility index (Phi) is 5.23. The van der Waals surface area contributed by atoms with Crippen LogP contribution in [0.25, 0.3) is 0 Å². The summed E-state index contributed by atoms with van der Waals surface area (Å²) in [5.74, 6) is 1.53. The lowest BCUT2D eigenvalue weighted by atomic mass is 9.88. The highest BCUT2D eigenvalue weighted by atomic mass is 16.5. The van der Waals surface area contributed by atoms with E-state index in [1.54, 1.807) is 14.2 Å². The monoisotopic (exact) mass is 263 g/mol. The molecule has 2 unspecified atom stereocenters. The van der Waals surface area contributed by atoms with Crippen molar-refractivity contribution in [3.8, 4) is 5.75 Å². The standard InChI is InChI=1S/C16H25NO2/c1-12(11-18-2)10-17-15-6-4-13-5-7-16(19-3)9-14(13)8-15/h5,7,9,12,15,17H,4,6,8,10-11H2,1-3H3. The Balaban J connectivity index is 1.90. The van der Waals surface area contributed by atoms with E-state index in [1.165, 1.54) is 17.5 Å². The van der Waals surface area contributed by atoms with E-state index in [-0.39, 0.29) is 0 Å². The van der Waals surface area contributed by atoms with E-state index < -0.39 is 0 Å². The fourth-order valence-electron chi connectivity index (χ4n) is 2.75. The van der Waals surface area contributed by atoms with Crippen molar-refractivity contribution in [2.45, 2.75) is 32.2 Å². The molecule has 0 saturated heterocycles. The molecule has 0 fully saturated rings. The van der Waals surface area contributed by atoms with Gasteiger partial charge < -0.3 is 14.8 Å². The zero-order chi connectivity index (χ0) is 13.7. The highest BCUT2D eigenvalue weighted by molar-refractivity contribution is 5.37. The number of aryl methyl sites for hydroxylation is 1. The van der Waals surface area contributed by atoms with E-state index in [2.05, 4.69) is 30.4 Å². The van der Waals surface area contributed by atoms with Gasteiger partial charge in [-0.15, -0.1) is 0 Å². The van der Waals surface area contributed by atoms with Gasteiger partial charge in [0.2, 0.25) is 0 Å². The van der Waals surface area contributed by atoms with E-state index >= 15 is 0 Å². The summed E-state index contributed by atoms with van der Waals surface area (Å²) in [6.07, 6.45) is 3.49. The highest BCUT2D eigenvalue weighted by Crippen LogP contribution is 2.25. The molecule has 0 heterocycles. The summed E-state index contributed by atoms with van der Waals surface area (Å²) in [4.78, 5) is 0. The molecule has 1 N–H and O–H groups in total. The second kappa shape index (κ2) is 6.92. The molecule has 106 valence electrons. The van der Waals surface area contributed by atoms with Crippen LogP contribution in [-0.4, -0.2) is 33.4 Å². The minimum Gasteiger partial charge on any atom is -0.497 e. The molecule has 3 heteroatoms. The van der Waals surface area contributed by atoms with Crippen molar-refractivity contribution in [3.05, 3.63) is 29.3 Å². The van der Waals surface area contributed by atoms with Crippen molar-refractivity contribution < 1.29 is 9.47 Å². The van der Waals surface area contributed by atoms with Gasteiger partial charge in [-0.3, -0.25) is 0 Å². The van der Waals surface area contributed by atoms with Crippen molar-refractivity contribution in [1.82, 2.24) is 5.32 Å². The first-order valence-electron chi connectivity index (χ1n) is 7.11. The first-order chi connectivity index (χ1) is 9.22. The van der Waals surface area contributed by atoms with Crippen LogP contribution >= 0.6 is 0 Å². The number of nitrogens with one attached hydrogen (secondary N) is 1. The maximum atomic E-state index is 5.31. The summed E-state index contributed by atoms with van der Waals surface area (Å²) in [5.41, 5.74) is 2.91. The van der Waals surface area contributed by atoms with Crippen molar-refractivity contribution in [2.75, 3.05) is 27.4 Å². The molecule has 1 aromatic carbocycles. The third kappa shape index (κ3) is 3.95. The predicted octanol–water partition coefficient (Wildman–Crippen LogP) is 2.42. The molecule has 19 heavy (non-hydrogen) atoms. The van der Waals surface area contributed by atoms with Crippen molar-refractivity contribution >= 4 is 0 Å². The maximum Gasteiger partial charge on any atom is 0.119 e. The number of benzene rings is 1. The summed E-state index contributed by atoms with van der Waals surface area (Å²) in [6, 6.07) is 7.03. The fraction of sp³-hybridized carbons (Fsp3) is 0.625. The van der Waals surface area contributed by atoms with Crippen LogP contribution in [0.4, 0.5) is 0 Å². The van der Waals surface area contributed by atoms with Crippen LogP contribution in [0.2, 0.25) is 0 Å². The molecule has 2 atom stereocenters. The summed E-state index contributed by atoms with van der Waals surface area (Å²) < 4.78 is 10.5. The van der Waals surface area contributed by atoms with Gasteiger partial charge >= 0.3 is 0 Å². The zero-order valence-corrected chi connectivity index (χ0v) is 12.2. The van der Waals surface area contributed by atoms with Crippen LogP contribution in [0.1, 0.15) is 24.5 Å². The molecule has 0 aliphatic heterocycles. The predicted molar refractivity (Wildman–Crippen MR) is 77.8 cm³/mol. The van der Waals surface area contributed by atoms with Crippen LogP contribution in [-0.2, 0) is 17.6 Å². The van der Waals surface area contributed by atoms with Gasteiger partial charge in [0.1, 0.15) is 5.75 Å². The lowest BCUT2D eigenvalue weighted by Crippen LogP contribution is -2.37. The quantitative estimate of drug-likeness (QED) is 0.855. The van der Waals surface area contributed by atoms with E-state index in [0.717, 1.165) is 31.7 Å². The second-order valence-corrected chi connectivity index (χ2v) is 5.54. The second-order valence-electron chi connectivity index (χ2n) is 5.54. The average molecular weight is 263 g/mol. The lowest BCUT2D eigenvalue weighted by molar-refractivity contribution is 0.156. The van der Waals surface area contributed by atoms with Crippen LogP contribution in [0.5, 0.6) is 5.75 Å². The molecule has 0 bridgehead atoms. The maximum absolute atomic E-state index is 5.31. The van der Waals surface area contributed by atoms with Gasteiger partial charge in [-0.2, -0.15) is 0 Å². The third-order valence-electron chi connectivity index (χ3n) is 3.85. The Morgan fingerprint density at radius 2 is 2.16 bits per heavy atom. The molecule has 0 radical (unpaired) electrons. The van der Waals surface area contributed by atoms with Crippen molar-refractivity contribution in [1.29, 1.82) is 0 Å².